The predicted molar refractivity (Wildman–Crippen MR) is 124 cm³/mol. The van der Waals surface area contributed by atoms with Crippen molar-refractivity contribution in [2.75, 3.05) is 0 Å². The molecule has 3 rings (SSSR count). The average Bonchev–Trinajstić information content (AvgIpc) is 3.03. The van der Waals surface area contributed by atoms with Gasteiger partial charge in [0.15, 0.2) is 0 Å². The first kappa shape index (κ1) is 23.8. The Kier molecular flexibility index (Phi) is 7.37. The minimum atomic E-state index is -0.715. The minimum Gasteiger partial charge on any atom is -0.393 e. The van der Waals surface area contributed by atoms with Crippen molar-refractivity contribution in [3.63, 3.8) is 0 Å². The average molecular weight is 417 g/mol. The largest absolute Gasteiger partial charge is 0.393 e. The Labute approximate surface area is 184 Å². The van der Waals surface area contributed by atoms with Crippen LogP contribution in [0.1, 0.15) is 91.9 Å². The van der Waals surface area contributed by atoms with Gasteiger partial charge in [-0.3, -0.25) is 0 Å². The van der Waals surface area contributed by atoms with Gasteiger partial charge in [0.1, 0.15) is 0 Å². The Morgan fingerprint density at radius 3 is 2.63 bits per heavy atom. The van der Waals surface area contributed by atoms with E-state index in [4.69, 9.17) is 0 Å². The van der Waals surface area contributed by atoms with Crippen molar-refractivity contribution in [1.82, 2.24) is 0 Å². The van der Waals surface area contributed by atoms with Crippen molar-refractivity contribution in [3.05, 3.63) is 35.5 Å². The first-order chi connectivity index (χ1) is 14.0. The number of hydrogen-bond acceptors (Lipinski definition) is 3. The molecule has 3 N–H and O–H groups in total. The second kappa shape index (κ2) is 9.30. The molecule has 3 saturated carbocycles. The molecule has 170 valence electrons. The van der Waals surface area contributed by atoms with E-state index in [1.807, 2.05) is 13.8 Å². The van der Waals surface area contributed by atoms with Crippen molar-refractivity contribution in [1.29, 1.82) is 0 Å². The molecule has 0 radical (unpaired) electrons. The highest BCUT2D eigenvalue weighted by Gasteiger charge is 2.51. The molecule has 6 atom stereocenters. The van der Waals surface area contributed by atoms with Gasteiger partial charge in [-0.05, 0) is 107 Å². The van der Waals surface area contributed by atoms with Gasteiger partial charge in [0.25, 0.3) is 0 Å². The fraction of sp³-hybridized carbons (Fsp3) is 0.778. The third-order valence-electron chi connectivity index (χ3n) is 8.52. The van der Waals surface area contributed by atoms with Crippen LogP contribution in [0.3, 0.4) is 0 Å². The SMILES string of the molecule is C=C1CC[C@H](O)C/C1=C/C=C1\CCC[C@]2(C)[C@@H]([C@H](C)[C@@H](O)CCC(C)(C)O)CC[C@@H]12. The number of aliphatic hydroxyl groups excluding tert-OH is 2. The molecule has 0 heterocycles. The lowest BCUT2D eigenvalue weighted by atomic mass is 9.60. The van der Waals surface area contributed by atoms with Crippen LogP contribution in [0.5, 0.6) is 0 Å². The maximum atomic E-state index is 10.9. The monoisotopic (exact) mass is 416 g/mol. The van der Waals surface area contributed by atoms with E-state index in [0.29, 0.717) is 24.7 Å². The number of rotatable bonds is 6. The van der Waals surface area contributed by atoms with E-state index in [0.717, 1.165) is 19.3 Å². The molecular weight excluding hydrogens is 372 g/mol. The Morgan fingerprint density at radius 1 is 1.20 bits per heavy atom. The Morgan fingerprint density at radius 2 is 1.93 bits per heavy atom. The number of fused-ring (bicyclic) bond motifs is 1. The maximum Gasteiger partial charge on any atom is 0.0592 e. The zero-order chi connectivity index (χ0) is 22.1. The lowest BCUT2D eigenvalue weighted by Gasteiger charge is -2.45. The second-order valence-corrected chi connectivity index (χ2v) is 11.3. The van der Waals surface area contributed by atoms with Crippen molar-refractivity contribution in [2.24, 2.45) is 23.2 Å². The summed E-state index contributed by atoms with van der Waals surface area (Å²) in [7, 11) is 0. The summed E-state index contributed by atoms with van der Waals surface area (Å²) < 4.78 is 0. The maximum absolute atomic E-state index is 10.9. The highest BCUT2D eigenvalue weighted by Crippen LogP contribution is 2.60. The highest BCUT2D eigenvalue weighted by atomic mass is 16.3. The molecule has 0 bridgehead atoms. The van der Waals surface area contributed by atoms with Crippen LogP contribution in [-0.4, -0.2) is 33.1 Å². The molecule has 0 aliphatic heterocycles. The normalized spacial score (nSPS) is 37.4. The lowest BCUT2D eigenvalue weighted by Crippen LogP contribution is -2.39. The number of hydrogen-bond donors (Lipinski definition) is 3. The summed E-state index contributed by atoms with van der Waals surface area (Å²) in [6.07, 6.45) is 13.8. The third-order valence-corrected chi connectivity index (χ3v) is 8.52. The summed E-state index contributed by atoms with van der Waals surface area (Å²) in [4.78, 5) is 0. The van der Waals surface area contributed by atoms with E-state index >= 15 is 0 Å². The fourth-order valence-electron chi connectivity index (χ4n) is 6.57. The van der Waals surface area contributed by atoms with Crippen molar-refractivity contribution >= 4 is 0 Å². The van der Waals surface area contributed by atoms with Crippen molar-refractivity contribution < 1.29 is 15.3 Å². The Bertz CT molecular complexity index is 683. The molecule has 0 unspecified atom stereocenters. The highest BCUT2D eigenvalue weighted by molar-refractivity contribution is 5.36. The predicted octanol–water partition coefficient (Wildman–Crippen LogP) is 5.70. The quantitative estimate of drug-likeness (QED) is 0.520. The second-order valence-electron chi connectivity index (χ2n) is 11.3. The van der Waals surface area contributed by atoms with Gasteiger partial charge >= 0.3 is 0 Å². The molecule has 3 aliphatic carbocycles. The smallest absolute Gasteiger partial charge is 0.0592 e. The molecule has 30 heavy (non-hydrogen) atoms. The van der Waals surface area contributed by atoms with Crippen LogP contribution < -0.4 is 0 Å². The van der Waals surface area contributed by atoms with Gasteiger partial charge < -0.3 is 15.3 Å². The molecule has 3 heteroatoms. The minimum absolute atomic E-state index is 0.223. The molecule has 0 aromatic rings. The van der Waals surface area contributed by atoms with Gasteiger partial charge in [-0.15, -0.1) is 0 Å². The van der Waals surface area contributed by atoms with E-state index < -0.39 is 5.60 Å². The topological polar surface area (TPSA) is 60.7 Å². The molecule has 0 amide bonds. The van der Waals surface area contributed by atoms with Crippen molar-refractivity contribution in [3.8, 4) is 0 Å². The molecule has 0 aromatic heterocycles. The molecule has 3 aliphatic rings. The van der Waals surface area contributed by atoms with Crippen LogP contribution in [0.15, 0.2) is 35.5 Å². The van der Waals surface area contributed by atoms with E-state index in [-0.39, 0.29) is 23.5 Å². The summed E-state index contributed by atoms with van der Waals surface area (Å²) in [5.41, 5.74) is 3.50. The van der Waals surface area contributed by atoms with Crippen molar-refractivity contribution in [2.45, 2.75) is 110 Å². The molecule has 0 saturated heterocycles. The fourth-order valence-corrected chi connectivity index (χ4v) is 6.57. The number of allylic oxidation sites excluding steroid dienone is 4. The van der Waals surface area contributed by atoms with E-state index in [1.54, 1.807) is 5.57 Å². The van der Waals surface area contributed by atoms with Crippen LogP contribution >= 0.6 is 0 Å². The van der Waals surface area contributed by atoms with Gasteiger partial charge in [0.05, 0.1) is 17.8 Å². The third kappa shape index (κ3) is 5.29. The van der Waals surface area contributed by atoms with Gasteiger partial charge in [-0.25, -0.2) is 0 Å². The van der Waals surface area contributed by atoms with Gasteiger partial charge in [0.2, 0.25) is 0 Å². The van der Waals surface area contributed by atoms with Crippen LogP contribution in [0.25, 0.3) is 0 Å². The van der Waals surface area contributed by atoms with Crippen LogP contribution in [0, 0.1) is 23.2 Å². The molecule has 3 fully saturated rings. The van der Waals surface area contributed by atoms with Gasteiger partial charge in [-0.1, -0.05) is 43.7 Å². The summed E-state index contributed by atoms with van der Waals surface area (Å²) in [6.45, 7) is 12.5. The van der Waals surface area contributed by atoms with Crippen LogP contribution in [-0.2, 0) is 0 Å². The number of aliphatic hydroxyl groups is 3. The zero-order valence-corrected chi connectivity index (χ0v) is 19.7. The van der Waals surface area contributed by atoms with Gasteiger partial charge in [0, 0.05) is 0 Å². The lowest BCUT2D eigenvalue weighted by molar-refractivity contribution is -0.00259. The summed E-state index contributed by atoms with van der Waals surface area (Å²) in [5.74, 6) is 1.38. The standard InChI is InChI=1S/C27H44O3/c1-18-8-11-22(28)17-21(18)10-9-20-7-6-15-27(5)23(12-13-24(20)27)19(2)25(29)14-16-26(3,4)30/h9-10,19,22-25,28-30H,1,6-8,11-17H2,2-5H3/b20-9+,21-10-/t19-,22-,23+,24-,25-,27+/m0/s1. The van der Waals surface area contributed by atoms with Crippen LogP contribution in [0.4, 0.5) is 0 Å². The first-order valence-corrected chi connectivity index (χ1v) is 12.2. The van der Waals surface area contributed by atoms with E-state index in [9.17, 15) is 15.3 Å². The van der Waals surface area contributed by atoms with E-state index in [2.05, 4.69) is 32.6 Å². The molecule has 3 nitrogen and oxygen atoms in total. The molecule has 0 aromatic carbocycles. The molecular formula is C27H44O3. The molecule has 0 spiro atoms. The zero-order valence-electron chi connectivity index (χ0n) is 19.7. The summed E-state index contributed by atoms with van der Waals surface area (Å²) in [6, 6.07) is 0. The Balaban J connectivity index is 1.72. The Hall–Kier alpha value is -0.900. The van der Waals surface area contributed by atoms with Gasteiger partial charge in [-0.2, -0.15) is 0 Å². The first-order valence-electron chi connectivity index (χ1n) is 12.2. The summed E-state index contributed by atoms with van der Waals surface area (Å²) >= 11 is 0. The van der Waals surface area contributed by atoms with E-state index in [1.165, 1.54) is 43.3 Å². The summed E-state index contributed by atoms with van der Waals surface area (Å²) in [5, 5.41) is 30.9. The van der Waals surface area contributed by atoms with Crippen LogP contribution in [0.2, 0.25) is 0 Å².